The molecule has 0 unspecified atom stereocenters. The number of nitrogens with zero attached hydrogens (tertiary/aromatic N) is 3. The van der Waals surface area contributed by atoms with Crippen molar-refractivity contribution in [2.24, 2.45) is 0 Å². The Morgan fingerprint density at radius 1 is 1.00 bits per heavy atom. The molecule has 7 heteroatoms. The Labute approximate surface area is 111 Å². The zero-order valence-electron chi connectivity index (χ0n) is 10.1. The molecule has 0 aliphatic heterocycles. The van der Waals surface area contributed by atoms with E-state index in [0.717, 1.165) is 12.1 Å². The highest BCUT2D eigenvalue weighted by Crippen LogP contribution is 2.30. The molecule has 0 bridgehead atoms. The standard InChI is InChI=1S/C13H9F3N4/c14-13(15,16)9-5-3-8(4-6-9)11-18-19-12-10(17)2-1-7-20(11)12/h1-7H,17H2. The summed E-state index contributed by atoms with van der Waals surface area (Å²) in [6, 6.07) is 8.16. The quantitative estimate of drug-likeness (QED) is 0.744. The van der Waals surface area contributed by atoms with Gasteiger partial charge in [-0.1, -0.05) is 12.1 Å². The molecule has 0 amide bonds. The predicted octanol–water partition coefficient (Wildman–Crippen LogP) is 3.00. The van der Waals surface area contributed by atoms with Gasteiger partial charge in [0.1, 0.15) is 0 Å². The lowest BCUT2D eigenvalue weighted by Gasteiger charge is -2.07. The van der Waals surface area contributed by atoms with Crippen LogP contribution in [-0.4, -0.2) is 14.6 Å². The van der Waals surface area contributed by atoms with E-state index in [1.165, 1.54) is 12.1 Å². The number of alkyl halides is 3. The fourth-order valence-corrected chi connectivity index (χ4v) is 1.94. The second-order valence-corrected chi connectivity index (χ2v) is 4.26. The first-order valence-corrected chi connectivity index (χ1v) is 5.73. The lowest BCUT2D eigenvalue weighted by atomic mass is 10.1. The molecule has 2 N–H and O–H groups in total. The van der Waals surface area contributed by atoms with Crippen LogP contribution in [-0.2, 0) is 6.18 Å². The van der Waals surface area contributed by atoms with E-state index >= 15 is 0 Å². The zero-order chi connectivity index (χ0) is 14.3. The second-order valence-electron chi connectivity index (χ2n) is 4.26. The number of rotatable bonds is 1. The van der Waals surface area contributed by atoms with E-state index in [2.05, 4.69) is 10.2 Å². The van der Waals surface area contributed by atoms with Crippen molar-refractivity contribution in [3.05, 3.63) is 48.2 Å². The van der Waals surface area contributed by atoms with Gasteiger partial charge in [0.25, 0.3) is 0 Å². The molecule has 0 fully saturated rings. The lowest BCUT2D eigenvalue weighted by molar-refractivity contribution is -0.137. The Balaban J connectivity index is 2.10. The Hall–Kier alpha value is -2.57. The lowest BCUT2D eigenvalue weighted by Crippen LogP contribution is -2.04. The van der Waals surface area contributed by atoms with Crippen molar-refractivity contribution in [1.29, 1.82) is 0 Å². The van der Waals surface area contributed by atoms with Gasteiger partial charge < -0.3 is 5.73 Å². The number of aromatic nitrogens is 3. The summed E-state index contributed by atoms with van der Waals surface area (Å²) in [6.45, 7) is 0. The smallest absolute Gasteiger partial charge is 0.396 e. The first-order chi connectivity index (χ1) is 9.47. The average molecular weight is 278 g/mol. The maximum Gasteiger partial charge on any atom is 0.416 e. The Morgan fingerprint density at radius 2 is 1.70 bits per heavy atom. The van der Waals surface area contributed by atoms with E-state index in [4.69, 9.17) is 5.73 Å². The Kier molecular flexibility index (Phi) is 2.63. The van der Waals surface area contributed by atoms with Gasteiger partial charge in [-0.2, -0.15) is 13.2 Å². The van der Waals surface area contributed by atoms with Crippen molar-refractivity contribution >= 4 is 11.3 Å². The van der Waals surface area contributed by atoms with Gasteiger partial charge in [-0.15, -0.1) is 10.2 Å². The molecule has 0 spiro atoms. The molecule has 4 nitrogen and oxygen atoms in total. The van der Waals surface area contributed by atoms with Crippen LogP contribution in [0.2, 0.25) is 0 Å². The van der Waals surface area contributed by atoms with Crippen LogP contribution >= 0.6 is 0 Å². The van der Waals surface area contributed by atoms with Gasteiger partial charge in [0.15, 0.2) is 11.5 Å². The van der Waals surface area contributed by atoms with Gasteiger partial charge in [-0.3, -0.25) is 4.40 Å². The summed E-state index contributed by atoms with van der Waals surface area (Å²) in [4.78, 5) is 0. The van der Waals surface area contributed by atoms with Crippen molar-refractivity contribution in [2.45, 2.75) is 6.18 Å². The van der Waals surface area contributed by atoms with Crippen molar-refractivity contribution in [3.8, 4) is 11.4 Å². The Morgan fingerprint density at radius 3 is 2.35 bits per heavy atom. The SMILES string of the molecule is Nc1cccn2c(-c3ccc(C(F)(F)F)cc3)nnc12. The summed E-state index contributed by atoms with van der Waals surface area (Å²) in [5.74, 6) is 0.445. The first kappa shape index (κ1) is 12.5. The number of halogens is 3. The van der Waals surface area contributed by atoms with Gasteiger partial charge in [-0.25, -0.2) is 0 Å². The number of nitrogen functional groups attached to an aromatic ring is 1. The van der Waals surface area contributed by atoms with Crippen LogP contribution in [0.15, 0.2) is 42.6 Å². The second kappa shape index (κ2) is 4.22. The minimum Gasteiger partial charge on any atom is -0.396 e. The fraction of sp³-hybridized carbons (Fsp3) is 0.0769. The monoisotopic (exact) mass is 278 g/mol. The molecule has 0 aliphatic carbocycles. The maximum atomic E-state index is 12.5. The summed E-state index contributed by atoms with van der Waals surface area (Å²) in [7, 11) is 0. The number of nitrogens with two attached hydrogens (primary N) is 1. The van der Waals surface area contributed by atoms with Crippen molar-refractivity contribution < 1.29 is 13.2 Å². The fourth-order valence-electron chi connectivity index (χ4n) is 1.94. The molecule has 2 aromatic heterocycles. The van der Waals surface area contributed by atoms with Crippen LogP contribution in [0.25, 0.3) is 17.0 Å². The molecule has 20 heavy (non-hydrogen) atoms. The third-order valence-corrected chi connectivity index (χ3v) is 2.94. The van der Waals surface area contributed by atoms with E-state index in [9.17, 15) is 13.2 Å². The van der Waals surface area contributed by atoms with Gasteiger partial charge in [-0.05, 0) is 24.3 Å². The first-order valence-electron chi connectivity index (χ1n) is 5.73. The number of hydrogen-bond acceptors (Lipinski definition) is 3. The zero-order valence-corrected chi connectivity index (χ0v) is 10.1. The molecule has 2 heterocycles. The summed E-state index contributed by atoms with van der Waals surface area (Å²) in [6.07, 6.45) is -2.64. The van der Waals surface area contributed by atoms with Crippen LogP contribution in [0.4, 0.5) is 18.9 Å². The van der Waals surface area contributed by atoms with Crippen LogP contribution in [0.1, 0.15) is 5.56 Å². The molecular weight excluding hydrogens is 269 g/mol. The highest BCUT2D eigenvalue weighted by atomic mass is 19.4. The molecule has 0 aliphatic rings. The molecule has 0 saturated heterocycles. The van der Waals surface area contributed by atoms with Crippen LogP contribution < -0.4 is 5.73 Å². The van der Waals surface area contributed by atoms with E-state index in [0.29, 0.717) is 22.7 Å². The number of benzene rings is 1. The van der Waals surface area contributed by atoms with Gasteiger partial charge in [0.2, 0.25) is 0 Å². The molecule has 0 radical (unpaired) electrons. The highest BCUT2D eigenvalue weighted by molar-refractivity contribution is 5.68. The molecule has 3 aromatic rings. The maximum absolute atomic E-state index is 12.5. The minimum absolute atomic E-state index is 0.445. The van der Waals surface area contributed by atoms with E-state index < -0.39 is 11.7 Å². The van der Waals surface area contributed by atoms with Gasteiger partial charge in [0.05, 0.1) is 11.3 Å². The van der Waals surface area contributed by atoms with Crippen LogP contribution in [0, 0.1) is 0 Å². The summed E-state index contributed by atoms with van der Waals surface area (Å²) < 4.78 is 39.2. The number of fused-ring (bicyclic) bond motifs is 1. The molecule has 3 rings (SSSR count). The van der Waals surface area contributed by atoms with E-state index in [1.54, 1.807) is 22.7 Å². The third-order valence-electron chi connectivity index (χ3n) is 2.94. The molecule has 1 aromatic carbocycles. The molecular formula is C13H9F3N4. The van der Waals surface area contributed by atoms with Crippen LogP contribution in [0.3, 0.4) is 0 Å². The van der Waals surface area contributed by atoms with E-state index in [-0.39, 0.29) is 0 Å². The van der Waals surface area contributed by atoms with Gasteiger partial charge in [0, 0.05) is 11.8 Å². The van der Waals surface area contributed by atoms with Crippen molar-refractivity contribution in [3.63, 3.8) is 0 Å². The predicted molar refractivity (Wildman–Crippen MR) is 67.8 cm³/mol. The Bertz CT molecular complexity index is 759. The molecule has 0 saturated carbocycles. The van der Waals surface area contributed by atoms with Crippen molar-refractivity contribution in [2.75, 3.05) is 5.73 Å². The number of pyridine rings is 1. The van der Waals surface area contributed by atoms with E-state index in [1.807, 2.05) is 0 Å². The number of hydrogen-bond donors (Lipinski definition) is 1. The normalized spacial score (nSPS) is 11.9. The van der Waals surface area contributed by atoms with Gasteiger partial charge >= 0.3 is 6.18 Å². The molecule has 102 valence electrons. The minimum atomic E-state index is -4.35. The number of anilines is 1. The third kappa shape index (κ3) is 1.97. The topological polar surface area (TPSA) is 56.2 Å². The largest absolute Gasteiger partial charge is 0.416 e. The van der Waals surface area contributed by atoms with Crippen molar-refractivity contribution in [1.82, 2.24) is 14.6 Å². The summed E-state index contributed by atoms with van der Waals surface area (Å²) in [5.41, 5.74) is 6.53. The average Bonchev–Trinajstić information content (AvgIpc) is 2.83. The summed E-state index contributed by atoms with van der Waals surface area (Å²) >= 11 is 0. The summed E-state index contributed by atoms with van der Waals surface area (Å²) in [5, 5.41) is 7.90. The highest BCUT2D eigenvalue weighted by Gasteiger charge is 2.30. The molecule has 0 atom stereocenters. The van der Waals surface area contributed by atoms with Crippen LogP contribution in [0.5, 0.6) is 0 Å².